The molecular formula is C18H15N3O. The Balaban J connectivity index is 1.95. The minimum absolute atomic E-state index is 0.207. The zero-order valence-electron chi connectivity index (χ0n) is 12.4. The Morgan fingerprint density at radius 2 is 2.00 bits per heavy atom. The molecule has 0 aliphatic rings. The number of amides is 1. The predicted molar refractivity (Wildman–Crippen MR) is 86.9 cm³/mol. The summed E-state index contributed by atoms with van der Waals surface area (Å²) in [5.74, 6) is -0.207. The van der Waals surface area contributed by atoms with Crippen molar-refractivity contribution in [2.24, 2.45) is 0 Å². The highest BCUT2D eigenvalue weighted by molar-refractivity contribution is 6.07. The monoisotopic (exact) mass is 289 g/mol. The van der Waals surface area contributed by atoms with Crippen LogP contribution in [0.1, 0.15) is 27.2 Å². The lowest BCUT2D eigenvalue weighted by molar-refractivity contribution is 0.102. The number of hydrogen-bond donors (Lipinski definition) is 2. The molecule has 0 radical (unpaired) electrons. The maximum atomic E-state index is 12.5. The van der Waals surface area contributed by atoms with Crippen molar-refractivity contribution in [1.82, 2.24) is 4.98 Å². The third-order valence-electron chi connectivity index (χ3n) is 3.69. The van der Waals surface area contributed by atoms with Crippen molar-refractivity contribution in [3.63, 3.8) is 0 Å². The van der Waals surface area contributed by atoms with Gasteiger partial charge in [0.1, 0.15) is 5.69 Å². The average Bonchev–Trinajstić information content (AvgIpc) is 2.84. The Kier molecular flexibility index (Phi) is 3.40. The zero-order valence-corrected chi connectivity index (χ0v) is 12.4. The molecule has 108 valence electrons. The number of aryl methyl sites for hydroxylation is 2. The number of aromatic nitrogens is 1. The molecule has 1 heterocycles. The molecule has 0 aliphatic carbocycles. The van der Waals surface area contributed by atoms with E-state index in [-0.39, 0.29) is 5.91 Å². The van der Waals surface area contributed by atoms with Crippen molar-refractivity contribution in [2.45, 2.75) is 13.8 Å². The van der Waals surface area contributed by atoms with Crippen LogP contribution in [0.25, 0.3) is 10.9 Å². The predicted octanol–water partition coefficient (Wildman–Crippen LogP) is 3.91. The van der Waals surface area contributed by atoms with Gasteiger partial charge in [0.05, 0.1) is 11.6 Å². The summed E-state index contributed by atoms with van der Waals surface area (Å²) >= 11 is 0. The van der Waals surface area contributed by atoms with E-state index in [0.717, 1.165) is 22.0 Å². The van der Waals surface area contributed by atoms with Gasteiger partial charge >= 0.3 is 0 Å². The first-order valence-electron chi connectivity index (χ1n) is 6.99. The quantitative estimate of drug-likeness (QED) is 0.751. The van der Waals surface area contributed by atoms with E-state index in [1.807, 2.05) is 26.0 Å². The van der Waals surface area contributed by atoms with Crippen LogP contribution in [0.2, 0.25) is 0 Å². The summed E-state index contributed by atoms with van der Waals surface area (Å²) in [5.41, 5.74) is 4.69. The number of carbonyl (C=O) groups excluding carboxylic acids is 1. The summed E-state index contributed by atoms with van der Waals surface area (Å²) in [6, 6.07) is 15.0. The standard InChI is InChI=1S/C18H15N3O/c1-11-6-7-16-15(8-11)12(2)17(21-16)18(22)20-14-5-3-4-13(9-14)10-19/h3-9,21H,1-2H3,(H,20,22). The molecule has 0 saturated heterocycles. The van der Waals surface area contributed by atoms with Gasteiger partial charge in [0.15, 0.2) is 0 Å². The fourth-order valence-corrected chi connectivity index (χ4v) is 2.53. The molecule has 3 rings (SSSR count). The average molecular weight is 289 g/mol. The molecule has 0 unspecified atom stereocenters. The minimum Gasteiger partial charge on any atom is -0.350 e. The van der Waals surface area contributed by atoms with E-state index >= 15 is 0 Å². The Morgan fingerprint density at radius 1 is 1.18 bits per heavy atom. The number of rotatable bonds is 2. The van der Waals surface area contributed by atoms with Crippen molar-refractivity contribution < 1.29 is 4.79 Å². The third-order valence-corrected chi connectivity index (χ3v) is 3.69. The molecule has 0 fully saturated rings. The largest absolute Gasteiger partial charge is 0.350 e. The maximum Gasteiger partial charge on any atom is 0.272 e. The van der Waals surface area contributed by atoms with Crippen molar-refractivity contribution in [3.8, 4) is 6.07 Å². The van der Waals surface area contributed by atoms with Crippen LogP contribution in [0.3, 0.4) is 0 Å². The lowest BCUT2D eigenvalue weighted by Crippen LogP contribution is -2.13. The van der Waals surface area contributed by atoms with Gasteiger partial charge in [-0.1, -0.05) is 17.7 Å². The second-order valence-electron chi connectivity index (χ2n) is 5.32. The van der Waals surface area contributed by atoms with Crippen LogP contribution >= 0.6 is 0 Å². The first-order valence-corrected chi connectivity index (χ1v) is 6.99. The van der Waals surface area contributed by atoms with Crippen LogP contribution in [0.15, 0.2) is 42.5 Å². The molecule has 0 saturated carbocycles. The van der Waals surface area contributed by atoms with Crippen LogP contribution in [-0.2, 0) is 0 Å². The lowest BCUT2D eigenvalue weighted by atomic mass is 10.1. The molecule has 1 aromatic heterocycles. The number of hydrogen-bond acceptors (Lipinski definition) is 2. The van der Waals surface area contributed by atoms with Gasteiger partial charge in [0, 0.05) is 16.6 Å². The molecule has 1 amide bonds. The number of carbonyl (C=O) groups is 1. The molecule has 0 bridgehead atoms. The summed E-state index contributed by atoms with van der Waals surface area (Å²) in [6.07, 6.45) is 0. The number of H-pyrrole nitrogens is 1. The Hall–Kier alpha value is -3.06. The highest BCUT2D eigenvalue weighted by Crippen LogP contribution is 2.23. The van der Waals surface area contributed by atoms with E-state index in [9.17, 15) is 4.79 Å². The van der Waals surface area contributed by atoms with Crippen molar-refractivity contribution in [1.29, 1.82) is 5.26 Å². The summed E-state index contributed by atoms with van der Waals surface area (Å²) in [4.78, 5) is 15.6. The van der Waals surface area contributed by atoms with E-state index in [4.69, 9.17) is 5.26 Å². The topological polar surface area (TPSA) is 68.7 Å². The first-order chi connectivity index (χ1) is 10.6. The minimum atomic E-state index is -0.207. The molecule has 0 aliphatic heterocycles. The molecule has 3 aromatic rings. The Labute approximate surface area is 128 Å². The van der Waals surface area contributed by atoms with Gasteiger partial charge < -0.3 is 10.3 Å². The summed E-state index contributed by atoms with van der Waals surface area (Å²) < 4.78 is 0. The highest BCUT2D eigenvalue weighted by atomic mass is 16.1. The fraction of sp³-hybridized carbons (Fsp3) is 0.111. The van der Waals surface area contributed by atoms with Gasteiger partial charge in [0.2, 0.25) is 0 Å². The Bertz CT molecular complexity index is 916. The van der Waals surface area contributed by atoms with Gasteiger partial charge in [-0.15, -0.1) is 0 Å². The number of benzene rings is 2. The van der Waals surface area contributed by atoms with Gasteiger partial charge in [-0.2, -0.15) is 5.26 Å². The lowest BCUT2D eigenvalue weighted by Gasteiger charge is -2.05. The molecule has 4 nitrogen and oxygen atoms in total. The molecule has 4 heteroatoms. The number of nitrogens with zero attached hydrogens (tertiary/aromatic N) is 1. The van der Waals surface area contributed by atoms with Crippen molar-refractivity contribution in [3.05, 3.63) is 64.8 Å². The van der Waals surface area contributed by atoms with Crippen LogP contribution in [0.4, 0.5) is 5.69 Å². The Morgan fingerprint density at radius 3 is 2.77 bits per heavy atom. The van der Waals surface area contributed by atoms with E-state index in [0.29, 0.717) is 16.9 Å². The number of anilines is 1. The van der Waals surface area contributed by atoms with Gasteiger partial charge in [0.25, 0.3) is 5.91 Å². The van der Waals surface area contributed by atoms with Crippen LogP contribution < -0.4 is 5.32 Å². The number of nitrogens with one attached hydrogen (secondary N) is 2. The molecule has 22 heavy (non-hydrogen) atoms. The maximum absolute atomic E-state index is 12.5. The summed E-state index contributed by atoms with van der Waals surface area (Å²) in [7, 11) is 0. The van der Waals surface area contributed by atoms with Crippen molar-refractivity contribution >= 4 is 22.5 Å². The molecule has 0 spiro atoms. The van der Waals surface area contributed by atoms with Crippen molar-refractivity contribution in [2.75, 3.05) is 5.32 Å². The highest BCUT2D eigenvalue weighted by Gasteiger charge is 2.15. The smallest absolute Gasteiger partial charge is 0.272 e. The molecule has 2 N–H and O–H groups in total. The van der Waals surface area contributed by atoms with Gasteiger partial charge in [-0.25, -0.2) is 0 Å². The molecular weight excluding hydrogens is 274 g/mol. The van der Waals surface area contributed by atoms with E-state index in [2.05, 4.69) is 22.4 Å². The van der Waals surface area contributed by atoms with E-state index in [1.165, 1.54) is 0 Å². The van der Waals surface area contributed by atoms with Gasteiger partial charge in [-0.3, -0.25) is 4.79 Å². The van der Waals surface area contributed by atoms with E-state index < -0.39 is 0 Å². The second-order valence-corrected chi connectivity index (χ2v) is 5.32. The van der Waals surface area contributed by atoms with Gasteiger partial charge in [-0.05, 0) is 49.7 Å². The van der Waals surface area contributed by atoms with Crippen LogP contribution in [0, 0.1) is 25.2 Å². The number of nitriles is 1. The second kappa shape index (κ2) is 5.38. The normalized spacial score (nSPS) is 10.4. The zero-order chi connectivity index (χ0) is 15.7. The van der Waals surface area contributed by atoms with Crippen LogP contribution in [0.5, 0.6) is 0 Å². The molecule has 2 aromatic carbocycles. The number of fused-ring (bicyclic) bond motifs is 1. The SMILES string of the molecule is Cc1ccc2[nH]c(C(=O)Nc3cccc(C#N)c3)c(C)c2c1. The van der Waals surface area contributed by atoms with E-state index in [1.54, 1.807) is 24.3 Å². The number of aromatic amines is 1. The molecule has 0 atom stereocenters. The van der Waals surface area contributed by atoms with Crippen LogP contribution in [-0.4, -0.2) is 10.9 Å². The third kappa shape index (κ3) is 2.45. The summed E-state index contributed by atoms with van der Waals surface area (Å²) in [5, 5.41) is 12.8. The first kappa shape index (κ1) is 13.9. The fourth-order valence-electron chi connectivity index (χ4n) is 2.53. The summed E-state index contributed by atoms with van der Waals surface area (Å²) in [6.45, 7) is 3.96.